The third-order valence-electron chi connectivity index (χ3n) is 5.11. The number of nitrogens with zero attached hydrogens (tertiary/aromatic N) is 3. The molecular weight excluding hydrogens is 440 g/mol. The van der Waals surface area contributed by atoms with Crippen LogP contribution in [0, 0.1) is 6.92 Å². The van der Waals surface area contributed by atoms with E-state index >= 15 is 0 Å². The Morgan fingerprint density at radius 2 is 2.13 bits per heavy atom. The standard InChI is InChI=1S/C21H19ClN4O4S/c1-3-16(27)26-15(18-11(2)7-8-31-18)10-14(24-26)17-19(28)23-21(30)25(20(17)29)13-6-4-5-12(22)9-13/h4-9,15,29H,3,10H2,1-2H3,(H,23,28,30)/t15-/m0/s1. The molecule has 31 heavy (non-hydrogen) atoms. The number of carbonyl (C=O) groups is 1. The molecule has 10 heteroatoms. The molecule has 0 spiro atoms. The second-order valence-electron chi connectivity index (χ2n) is 7.10. The first-order chi connectivity index (χ1) is 14.8. The van der Waals surface area contributed by atoms with Crippen molar-refractivity contribution in [2.45, 2.75) is 32.7 Å². The van der Waals surface area contributed by atoms with Crippen molar-refractivity contribution in [2.24, 2.45) is 5.10 Å². The molecular formula is C21H19ClN4O4S. The lowest BCUT2D eigenvalue weighted by atomic mass is 10.0. The van der Waals surface area contributed by atoms with Crippen LogP contribution in [0.1, 0.15) is 41.8 Å². The molecule has 0 fully saturated rings. The van der Waals surface area contributed by atoms with Gasteiger partial charge in [-0.15, -0.1) is 11.3 Å². The van der Waals surface area contributed by atoms with Crippen molar-refractivity contribution >= 4 is 34.6 Å². The normalized spacial score (nSPS) is 15.9. The Kier molecular flexibility index (Phi) is 5.55. The lowest BCUT2D eigenvalue weighted by Crippen LogP contribution is -2.33. The first-order valence-corrected chi connectivity index (χ1v) is 10.9. The monoisotopic (exact) mass is 458 g/mol. The Bertz CT molecular complexity index is 1320. The molecule has 1 aliphatic rings. The number of aromatic amines is 1. The Morgan fingerprint density at radius 1 is 1.35 bits per heavy atom. The highest BCUT2D eigenvalue weighted by molar-refractivity contribution is 7.10. The fraction of sp³-hybridized carbons (Fsp3) is 0.238. The summed E-state index contributed by atoms with van der Waals surface area (Å²) in [5, 5.41) is 19.0. The molecule has 2 N–H and O–H groups in total. The number of H-pyrrole nitrogens is 1. The molecule has 1 amide bonds. The van der Waals surface area contributed by atoms with E-state index in [1.807, 2.05) is 18.4 Å². The van der Waals surface area contributed by atoms with E-state index in [9.17, 15) is 19.5 Å². The lowest BCUT2D eigenvalue weighted by Gasteiger charge is -2.20. The number of benzene rings is 1. The van der Waals surface area contributed by atoms with Gasteiger partial charge < -0.3 is 5.11 Å². The number of aryl methyl sites for hydroxylation is 1. The zero-order valence-electron chi connectivity index (χ0n) is 16.8. The largest absolute Gasteiger partial charge is 0.493 e. The second kappa shape index (κ2) is 8.16. The minimum Gasteiger partial charge on any atom is -0.493 e. The lowest BCUT2D eigenvalue weighted by molar-refractivity contribution is -0.132. The molecule has 4 rings (SSSR count). The van der Waals surface area contributed by atoms with Gasteiger partial charge in [-0.2, -0.15) is 5.10 Å². The van der Waals surface area contributed by atoms with E-state index in [2.05, 4.69) is 10.1 Å². The van der Waals surface area contributed by atoms with E-state index in [0.717, 1.165) is 15.0 Å². The van der Waals surface area contributed by atoms with Crippen molar-refractivity contribution in [3.05, 3.63) is 77.6 Å². The average molecular weight is 459 g/mol. The van der Waals surface area contributed by atoms with Crippen LogP contribution in [0.15, 0.2) is 50.4 Å². The molecule has 0 aliphatic carbocycles. The van der Waals surface area contributed by atoms with Gasteiger partial charge in [0.15, 0.2) is 0 Å². The molecule has 0 unspecified atom stereocenters. The van der Waals surface area contributed by atoms with Crippen molar-refractivity contribution in [3.8, 4) is 11.6 Å². The van der Waals surface area contributed by atoms with Gasteiger partial charge in [0, 0.05) is 22.7 Å². The number of carbonyl (C=O) groups excluding carboxylic acids is 1. The van der Waals surface area contributed by atoms with Crippen LogP contribution in [0.2, 0.25) is 5.02 Å². The molecule has 0 saturated heterocycles. The first-order valence-electron chi connectivity index (χ1n) is 9.60. The van der Waals surface area contributed by atoms with E-state index in [-0.39, 0.29) is 36.1 Å². The summed E-state index contributed by atoms with van der Waals surface area (Å²) in [6, 6.07) is 7.90. The highest BCUT2D eigenvalue weighted by atomic mass is 35.5. The van der Waals surface area contributed by atoms with Crippen LogP contribution in [0.4, 0.5) is 0 Å². The van der Waals surface area contributed by atoms with Crippen LogP contribution < -0.4 is 11.2 Å². The molecule has 2 aromatic heterocycles. The van der Waals surface area contributed by atoms with Gasteiger partial charge in [0.2, 0.25) is 11.8 Å². The summed E-state index contributed by atoms with van der Waals surface area (Å²) in [7, 11) is 0. The summed E-state index contributed by atoms with van der Waals surface area (Å²) in [6.07, 6.45) is 0.472. The third-order valence-corrected chi connectivity index (χ3v) is 6.47. The van der Waals surface area contributed by atoms with Crippen molar-refractivity contribution in [2.75, 3.05) is 0 Å². The van der Waals surface area contributed by atoms with Crippen LogP contribution in [0.25, 0.3) is 5.69 Å². The molecule has 8 nitrogen and oxygen atoms in total. The Balaban J connectivity index is 1.87. The zero-order valence-corrected chi connectivity index (χ0v) is 18.3. The Hall–Kier alpha value is -3.17. The maximum absolute atomic E-state index is 12.7. The van der Waals surface area contributed by atoms with Gasteiger partial charge in [-0.1, -0.05) is 24.6 Å². The molecule has 1 aromatic carbocycles. The molecule has 0 radical (unpaired) electrons. The van der Waals surface area contributed by atoms with Gasteiger partial charge in [-0.3, -0.25) is 14.6 Å². The highest BCUT2D eigenvalue weighted by Crippen LogP contribution is 2.38. The van der Waals surface area contributed by atoms with E-state index in [0.29, 0.717) is 10.7 Å². The summed E-state index contributed by atoms with van der Waals surface area (Å²) in [5.41, 5.74) is -0.189. The number of aromatic nitrogens is 2. The van der Waals surface area contributed by atoms with Crippen molar-refractivity contribution < 1.29 is 9.90 Å². The molecule has 3 heterocycles. The summed E-state index contributed by atoms with van der Waals surface area (Å²) >= 11 is 7.53. The van der Waals surface area contributed by atoms with Crippen molar-refractivity contribution in [3.63, 3.8) is 0 Å². The average Bonchev–Trinajstić information content (AvgIpc) is 3.33. The summed E-state index contributed by atoms with van der Waals surface area (Å²) in [4.78, 5) is 40.9. The zero-order chi connectivity index (χ0) is 22.3. The predicted octanol–water partition coefficient (Wildman–Crippen LogP) is 3.34. The minimum atomic E-state index is -0.806. The van der Waals surface area contributed by atoms with Gasteiger partial charge in [0.05, 0.1) is 17.4 Å². The number of nitrogens with one attached hydrogen (secondary N) is 1. The van der Waals surface area contributed by atoms with Crippen LogP contribution in [0.3, 0.4) is 0 Å². The second-order valence-corrected chi connectivity index (χ2v) is 8.48. The molecule has 0 saturated carbocycles. The van der Waals surface area contributed by atoms with E-state index in [1.165, 1.54) is 22.4 Å². The van der Waals surface area contributed by atoms with Gasteiger partial charge in [-0.25, -0.2) is 14.4 Å². The summed E-state index contributed by atoms with van der Waals surface area (Å²) < 4.78 is 0.959. The van der Waals surface area contributed by atoms with Crippen LogP contribution in [0.5, 0.6) is 5.88 Å². The maximum atomic E-state index is 12.7. The van der Waals surface area contributed by atoms with Crippen LogP contribution in [-0.2, 0) is 4.79 Å². The van der Waals surface area contributed by atoms with Crippen molar-refractivity contribution in [1.29, 1.82) is 0 Å². The van der Waals surface area contributed by atoms with E-state index in [1.54, 1.807) is 25.1 Å². The Labute approximate surface area is 186 Å². The number of hydrogen-bond donors (Lipinski definition) is 2. The van der Waals surface area contributed by atoms with E-state index in [4.69, 9.17) is 11.6 Å². The highest BCUT2D eigenvalue weighted by Gasteiger charge is 2.36. The molecule has 1 aliphatic heterocycles. The number of halogens is 1. The number of aromatic hydroxyl groups is 1. The fourth-order valence-corrected chi connectivity index (χ4v) is 4.82. The smallest absolute Gasteiger partial charge is 0.335 e. The van der Waals surface area contributed by atoms with Gasteiger partial charge in [-0.05, 0) is 42.1 Å². The minimum absolute atomic E-state index is 0.148. The third kappa shape index (κ3) is 3.70. The topological polar surface area (TPSA) is 108 Å². The van der Waals surface area contributed by atoms with Crippen LogP contribution >= 0.6 is 22.9 Å². The summed E-state index contributed by atoms with van der Waals surface area (Å²) in [5.74, 6) is -0.755. The van der Waals surface area contributed by atoms with Gasteiger partial charge in [0.25, 0.3) is 5.56 Å². The van der Waals surface area contributed by atoms with Gasteiger partial charge >= 0.3 is 5.69 Å². The Morgan fingerprint density at radius 3 is 2.77 bits per heavy atom. The predicted molar refractivity (Wildman–Crippen MR) is 119 cm³/mol. The quantitative estimate of drug-likeness (QED) is 0.625. The number of hydrazone groups is 1. The summed E-state index contributed by atoms with van der Waals surface area (Å²) in [6.45, 7) is 3.68. The van der Waals surface area contributed by atoms with E-state index < -0.39 is 17.1 Å². The molecule has 3 aromatic rings. The van der Waals surface area contributed by atoms with Crippen molar-refractivity contribution in [1.82, 2.24) is 14.6 Å². The molecule has 1 atom stereocenters. The molecule has 160 valence electrons. The maximum Gasteiger partial charge on any atom is 0.335 e. The number of amides is 1. The van der Waals surface area contributed by atoms with Crippen LogP contribution in [-0.4, -0.2) is 31.3 Å². The number of rotatable bonds is 4. The number of hydrogen-bond acceptors (Lipinski definition) is 6. The SMILES string of the molecule is CCC(=O)N1N=C(c2c(O)n(-c3cccc(Cl)c3)c(=O)[nH]c2=O)C[C@H]1c1sccc1C. The van der Waals surface area contributed by atoms with Gasteiger partial charge in [0.1, 0.15) is 5.56 Å². The fourth-order valence-electron chi connectivity index (χ4n) is 3.62. The first kappa shape index (κ1) is 21.1. The molecule has 0 bridgehead atoms. The number of thiophene rings is 1.